The van der Waals surface area contributed by atoms with Crippen molar-refractivity contribution in [3.05, 3.63) is 0 Å². The van der Waals surface area contributed by atoms with Crippen molar-refractivity contribution in [3.8, 4) is 0 Å². The third-order valence-electron chi connectivity index (χ3n) is 11.7. The minimum absolute atomic E-state index is 0.206. The maximum absolute atomic E-state index is 12.4. The molecule has 0 radical (unpaired) electrons. The number of aliphatic carboxylic acids is 1. The molecule has 0 aromatic rings. The molecule has 0 saturated heterocycles. The lowest BCUT2D eigenvalue weighted by molar-refractivity contribution is -0.139. The molecule has 4 N–H and O–H groups in total. The maximum Gasteiger partial charge on any atom is 0.472 e. The second-order valence-corrected chi connectivity index (χ2v) is 20.6. The molecular weight excluding hydrogens is 725 g/mol. The molecule has 0 spiro atoms. The topological polar surface area (TPSA) is 138 Å². The molecule has 0 saturated carbocycles. The monoisotopic (exact) mass is 820 g/mol. The van der Waals surface area contributed by atoms with Gasteiger partial charge in [-0.2, -0.15) is 0 Å². The molecule has 9 nitrogen and oxygen atoms in total. The molecule has 0 rings (SSSR count). The Morgan fingerprint density at radius 1 is 0.500 bits per heavy atom. The third kappa shape index (κ3) is 35.4. The lowest BCUT2D eigenvalue weighted by Gasteiger charge is -2.22. The van der Waals surface area contributed by atoms with Crippen LogP contribution in [0, 0.1) is 47.3 Å². The standard InChI is InChI=1S/C46H94NO8P/c1-36(2)17-11-19-38(5)21-13-23-40(7)25-15-27-42(9)29-31-52-33-44(34-54-56(50,51)55-35-45(47)46(48)49)53-32-30-43(10)28-16-26-41(8)24-14-22-39(6)20-12-18-37(3)4/h36-45H,11-35,47H2,1-10H3,(H,48,49)(H,50,51)/t38-,39-,40-,41-,42-,43-,44+,45+/m1/s1. The van der Waals surface area contributed by atoms with Gasteiger partial charge >= 0.3 is 13.8 Å². The molecule has 56 heavy (non-hydrogen) atoms. The summed E-state index contributed by atoms with van der Waals surface area (Å²) < 4.78 is 34.6. The van der Waals surface area contributed by atoms with Crippen LogP contribution in [0.15, 0.2) is 0 Å². The Bertz CT molecular complexity index is 967. The van der Waals surface area contributed by atoms with Crippen molar-refractivity contribution in [3.63, 3.8) is 0 Å². The minimum Gasteiger partial charge on any atom is -0.480 e. The summed E-state index contributed by atoms with van der Waals surface area (Å²) in [5, 5.41) is 8.97. The Morgan fingerprint density at radius 3 is 1.18 bits per heavy atom. The first-order chi connectivity index (χ1) is 26.4. The Morgan fingerprint density at radius 2 is 0.821 bits per heavy atom. The van der Waals surface area contributed by atoms with Crippen LogP contribution in [0.1, 0.15) is 198 Å². The van der Waals surface area contributed by atoms with Gasteiger partial charge in [0.25, 0.3) is 0 Å². The largest absolute Gasteiger partial charge is 0.480 e. The van der Waals surface area contributed by atoms with Gasteiger partial charge in [-0.3, -0.25) is 13.8 Å². The van der Waals surface area contributed by atoms with E-state index in [4.69, 9.17) is 29.4 Å². The van der Waals surface area contributed by atoms with E-state index >= 15 is 0 Å². The summed E-state index contributed by atoms with van der Waals surface area (Å²) in [6.45, 7) is 23.9. The Labute approximate surface area is 346 Å². The summed E-state index contributed by atoms with van der Waals surface area (Å²) in [5.74, 6) is 4.54. The van der Waals surface area contributed by atoms with E-state index in [9.17, 15) is 14.3 Å². The summed E-state index contributed by atoms with van der Waals surface area (Å²) in [6.07, 6.45) is 24.7. The summed E-state index contributed by atoms with van der Waals surface area (Å²) in [6, 6.07) is -1.42. The number of rotatable bonds is 40. The van der Waals surface area contributed by atoms with Crippen molar-refractivity contribution in [2.75, 3.05) is 33.0 Å². The van der Waals surface area contributed by atoms with E-state index in [2.05, 4.69) is 69.2 Å². The zero-order chi connectivity index (χ0) is 42.4. The quantitative estimate of drug-likeness (QED) is 0.0407. The highest BCUT2D eigenvalue weighted by atomic mass is 31.2. The second-order valence-electron chi connectivity index (χ2n) is 19.2. The predicted octanol–water partition coefficient (Wildman–Crippen LogP) is 12.9. The second kappa shape index (κ2) is 34.2. The van der Waals surface area contributed by atoms with Gasteiger partial charge in [0.05, 0.1) is 19.8 Å². The van der Waals surface area contributed by atoms with Gasteiger partial charge in [-0.15, -0.1) is 0 Å². The lowest BCUT2D eigenvalue weighted by Crippen LogP contribution is -2.34. The molecule has 0 fully saturated rings. The normalized spacial score (nSPS) is 17.7. The molecule has 0 aromatic heterocycles. The van der Waals surface area contributed by atoms with Crippen LogP contribution in [0.4, 0.5) is 0 Å². The summed E-state index contributed by atoms with van der Waals surface area (Å²) in [7, 11) is -4.51. The van der Waals surface area contributed by atoms with E-state index in [1.54, 1.807) is 0 Å². The van der Waals surface area contributed by atoms with Gasteiger partial charge in [0.1, 0.15) is 12.1 Å². The Kier molecular flexibility index (Phi) is 33.9. The maximum atomic E-state index is 12.4. The van der Waals surface area contributed by atoms with E-state index in [-0.39, 0.29) is 13.2 Å². The molecule has 10 heteroatoms. The number of carbonyl (C=O) groups is 1. The van der Waals surface area contributed by atoms with E-state index in [0.717, 1.165) is 54.8 Å². The van der Waals surface area contributed by atoms with Crippen LogP contribution < -0.4 is 5.73 Å². The smallest absolute Gasteiger partial charge is 0.472 e. The van der Waals surface area contributed by atoms with Crippen LogP contribution in [-0.4, -0.2) is 61.1 Å². The molecule has 0 heterocycles. The van der Waals surface area contributed by atoms with Gasteiger partial charge in [0.15, 0.2) is 0 Å². The number of nitrogens with two attached hydrogens (primary N) is 1. The van der Waals surface area contributed by atoms with Crippen molar-refractivity contribution in [1.29, 1.82) is 0 Å². The molecule has 0 amide bonds. The molecule has 0 bridgehead atoms. The highest BCUT2D eigenvalue weighted by molar-refractivity contribution is 7.47. The summed E-state index contributed by atoms with van der Waals surface area (Å²) in [5.41, 5.74) is 5.42. The fourth-order valence-corrected chi connectivity index (χ4v) is 8.19. The predicted molar refractivity (Wildman–Crippen MR) is 235 cm³/mol. The van der Waals surface area contributed by atoms with E-state index in [1.165, 1.54) is 109 Å². The van der Waals surface area contributed by atoms with Crippen molar-refractivity contribution >= 4 is 13.8 Å². The van der Waals surface area contributed by atoms with Crippen molar-refractivity contribution in [2.45, 2.75) is 210 Å². The SMILES string of the molecule is CC(C)CCC[C@@H](C)CCC[C@@H](C)CCC[C@@H](C)CCOC[C@@H](COP(=O)(O)OC[C@H](N)C(=O)O)OCC[C@H](C)CCC[C@H](C)CCC[C@H](C)CCCC(C)C. The number of ether oxygens (including phenoxy) is 2. The fraction of sp³-hybridized carbons (Fsp3) is 0.978. The van der Waals surface area contributed by atoms with Gasteiger partial charge < -0.3 is 25.2 Å². The summed E-state index contributed by atoms with van der Waals surface area (Å²) in [4.78, 5) is 21.1. The van der Waals surface area contributed by atoms with Gasteiger partial charge in [-0.1, -0.05) is 185 Å². The van der Waals surface area contributed by atoms with Crippen LogP contribution in [0.25, 0.3) is 0 Å². The zero-order valence-corrected chi connectivity index (χ0v) is 39.2. The molecular formula is C46H94NO8P. The number of phosphoric acid groups is 1. The zero-order valence-electron chi connectivity index (χ0n) is 38.3. The Hall–Kier alpha value is -0.540. The highest BCUT2D eigenvalue weighted by Crippen LogP contribution is 2.43. The first kappa shape index (κ1) is 55.5. The number of carboxylic acids is 1. The van der Waals surface area contributed by atoms with E-state index in [1.807, 2.05) is 0 Å². The van der Waals surface area contributed by atoms with Gasteiger partial charge in [0.2, 0.25) is 0 Å². The van der Waals surface area contributed by atoms with Gasteiger partial charge in [0, 0.05) is 13.2 Å². The average Bonchev–Trinajstić information content (AvgIpc) is 3.10. The molecule has 1 unspecified atom stereocenters. The molecule has 336 valence electrons. The molecule has 0 aliphatic heterocycles. The van der Waals surface area contributed by atoms with Crippen LogP contribution >= 0.6 is 7.82 Å². The molecule has 9 atom stereocenters. The average molecular weight is 820 g/mol. The number of hydrogen-bond donors (Lipinski definition) is 3. The molecule has 0 aliphatic rings. The van der Waals surface area contributed by atoms with E-state index in [0.29, 0.717) is 25.0 Å². The molecule has 0 aliphatic carbocycles. The first-order valence-corrected chi connectivity index (χ1v) is 24.7. The highest BCUT2D eigenvalue weighted by Gasteiger charge is 2.27. The number of hydrogen-bond acceptors (Lipinski definition) is 7. The van der Waals surface area contributed by atoms with Gasteiger partial charge in [-0.25, -0.2) is 4.57 Å². The van der Waals surface area contributed by atoms with Crippen LogP contribution in [-0.2, 0) is 27.9 Å². The fourth-order valence-electron chi connectivity index (χ4n) is 7.41. The van der Waals surface area contributed by atoms with Gasteiger partial charge in [-0.05, 0) is 60.2 Å². The van der Waals surface area contributed by atoms with E-state index < -0.39 is 32.5 Å². The first-order valence-electron chi connectivity index (χ1n) is 23.2. The number of carboxylic acid groups (broad SMARTS) is 1. The van der Waals surface area contributed by atoms with Crippen LogP contribution in [0.2, 0.25) is 0 Å². The lowest BCUT2D eigenvalue weighted by atomic mass is 9.91. The van der Waals surface area contributed by atoms with Crippen molar-refractivity contribution in [2.24, 2.45) is 53.1 Å². The van der Waals surface area contributed by atoms with Crippen molar-refractivity contribution in [1.82, 2.24) is 0 Å². The van der Waals surface area contributed by atoms with Crippen LogP contribution in [0.3, 0.4) is 0 Å². The van der Waals surface area contributed by atoms with Crippen LogP contribution in [0.5, 0.6) is 0 Å². The van der Waals surface area contributed by atoms with Crippen molar-refractivity contribution < 1.29 is 37.9 Å². The minimum atomic E-state index is -4.51. The molecule has 0 aromatic carbocycles. The summed E-state index contributed by atoms with van der Waals surface area (Å²) >= 11 is 0. The Balaban J connectivity index is 4.56. The third-order valence-corrected chi connectivity index (χ3v) is 12.7. The number of phosphoric ester groups is 1.